The third-order valence-electron chi connectivity index (χ3n) is 8.17. The lowest BCUT2D eigenvalue weighted by atomic mass is 9.75. The molecule has 37 heavy (non-hydrogen) atoms. The van der Waals surface area contributed by atoms with Gasteiger partial charge in [0, 0.05) is 17.6 Å². The van der Waals surface area contributed by atoms with Crippen LogP contribution >= 0.6 is 0 Å². The van der Waals surface area contributed by atoms with E-state index in [2.05, 4.69) is 129 Å². The first-order valence-electron chi connectivity index (χ1n) is 12.8. The van der Waals surface area contributed by atoms with Crippen LogP contribution in [0.4, 0.5) is 11.4 Å². The van der Waals surface area contributed by atoms with Crippen molar-refractivity contribution in [3.8, 4) is 5.75 Å². The maximum absolute atomic E-state index is 7.13. The van der Waals surface area contributed by atoms with Crippen molar-refractivity contribution < 1.29 is 4.74 Å². The van der Waals surface area contributed by atoms with Gasteiger partial charge in [-0.05, 0) is 58.8 Å². The van der Waals surface area contributed by atoms with E-state index < -0.39 is 5.72 Å². The molecule has 0 radical (unpaired) electrons. The molecule has 2 aliphatic heterocycles. The Bertz CT molecular complexity index is 1730. The number of ether oxygens (including phenoxy) is 1. The van der Waals surface area contributed by atoms with E-state index in [1.54, 1.807) is 0 Å². The summed E-state index contributed by atoms with van der Waals surface area (Å²) < 4.78 is 7.13. The van der Waals surface area contributed by atoms with Gasteiger partial charge in [0.05, 0.1) is 11.6 Å². The van der Waals surface area contributed by atoms with E-state index in [0.29, 0.717) is 6.54 Å². The van der Waals surface area contributed by atoms with Gasteiger partial charge >= 0.3 is 0 Å². The molecule has 5 aromatic rings. The Labute approximate surface area is 217 Å². The molecule has 1 atom stereocenters. The number of anilines is 1. The lowest BCUT2D eigenvalue weighted by Crippen LogP contribution is -2.61. The van der Waals surface area contributed by atoms with Gasteiger partial charge < -0.3 is 9.64 Å². The van der Waals surface area contributed by atoms with Gasteiger partial charge in [-0.25, -0.2) is 0 Å². The number of hydrogen-bond donors (Lipinski definition) is 0. The fourth-order valence-corrected chi connectivity index (χ4v) is 6.19. The van der Waals surface area contributed by atoms with Crippen LogP contribution in [0.5, 0.6) is 5.75 Å². The molecule has 5 aromatic carbocycles. The molecule has 0 bridgehead atoms. The fraction of sp³-hybridized carbons (Fsp3) is 0.147. The molecule has 180 valence electrons. The highest BCUT2D eigenvalue weighted by Gasteiger charge is 2.60. The predicted molar refractivity (Wildman–Crippen MR) is 155 cm³/mol. The fourth-order valence-electron chi connectivity index (χ4n) is 6.19. The van der Waals surface area contributed by atoms with Crippen molar-refractivity contribution in [3.05, 3.63) is 120 Å². The van der Waals surface area contributed by atoms with Crippen LogP contribution in [-0.4, -0.2) is 11.9 Å². The second-order valence-electron chi connectivity index (χ2n) is 10.5. The Kier molecular flexibility index (Phi) is 4.62. The van der Waals surface area contributed by atoms with E-state index in [1.165, 1.54) is 27.6 Å². The maximum Gasteiger partial charge on any atom is 0.229 e. The highest BCUT2D eigenvalue weighted by Crippen LogP contribution is 2.57. The lowest BCUT2D eigenvalue weighted by Gasteiger charge is -2.46. The van der Waals surface area contributed by atoms with Crippen molar-refractivity contribution in [3.63, 3.8) is 0 Å². The molecule has 0 saturated heterocycles. The van der Waals surface area contributed by atoms with Crippen LogP contribution in [0.3, 0.4) is 0 Å². The Morgan fingerprint density at radius 1 is 0.811 bits per heavy atom. The van der Waals surface area contributed by atoms with E-state index in [0.717, 1.165) is 27.8 Å². The van der Waals surface area contributed by atoms with Crippen LogP contribution in [-0.2, 0) is 12.0 Å². The maximum atomic E-state index is 7.13. The first-order chi connectivity index (χ1) is 18.0. The Morgan fingerprint density at radius 3 is 2.24 bits per heavy atom. The van der Waals surface area contributed by atoms with E-state index in [9.17, 15) is 0 Å². The van der Waals surface area contributed by atoms with Crippen LogP contribution in [0.2, 0.25) is 0 Å². The van der Waals surface area contributed by atoms with Crippen molar-refractivity contribution >= 4 is 45.2 Å². The van der Waals surface area contributed by atoms with Gasteiger partial charge in [0.25, 0.3) is 0 Å². The van der Waals surface area contributed by atoms with Crippen molar-refractivity contribution in [1.29, 1.82) is 0 Å². The molecular weight excluding hydrogens is 452 g/mol. The summed E-state index contributed by atoms with van der Waals surface area (Å²) in [7, 11) is 0. The Hall–Kier alpha value is -4.37. The highest BCUT2D eigenvalue weighted by molar-refractivity contribution is 6.02. The van der Waals surface area contributed by atoms with Crippen molar-refractivity contribution in [2.75, 3.05) is 4.90 Å². The summed E-state index contributed by atoms with van der Waals surface area (Å²) in [6.45, 7) is 9.18. The van der Waals surface area contributed by atoms with Gasteiger partial charge in [-0.3, -0.25) is 4.99 Å². The van der Waals surface area contributed by atoms with Gasteiger partial charge in [-0.2, -0.15) is 0 Å². The molecule has 2 aliphatic rings. The van der Waals surface area contributed by atoms with E-state index >= 15 is 0 Å². The minimum absolute atomic E-state index is 0.378. The van der Waals surface area contributed by atoms with E-state index in [-0.39, 0.29) is 5.41 Å². The quantitative estimate of drug-likeness (QED) is 0.259. The number of benzene rings is 5. The molecule has 0 saturated carbocycles. The predicted octanol–water partition coefficient (Wildman–Crippen LogP) is 8.43. The van der Waals surface area contributed by atoms with Crippen LogP contribution in [0.15, 0.2) is 109 Å². The second kappa shape index (κ2) is 7.81. The molecule has 0 amide bonds. The number of fused-ring (bicyclic) bond motifs is 6. The topological polar surface area (TPSA) is 24.8 Å². The minimum Gasteiger partial charge on any atom is -0.459 e. The standard InChI is InChI=1S/C34H28N2O/c1-4-23-13-15-24(16-14-23)21-36-29-19-17-25-9-5-7-11-27(25)31(29)33(2,3)34(36)22-35-32-28-12-8-6-10-26(28)18-20-30(32)37-34/h4-20,22H,1,21H2,2-3H3. The molecular formula is C34H28N2O. The largest absolute Gasteiger partial charge is 0.459 e. The summed E-state index contributed by atoms with van der Waals surface area (Å²) in [5.74, 6) is 0.818. The molecule has 3 heteroatoms. The van der Waals surface area contributed by atoms with Crippen LogP contribution in [0.25, 0.3) is 27.6 Å². The molecule has 0 aliphatic carbocycles. The number of rotatable bonds is 3. The van der Waals surface area contributed by atoms with E-state index in [1.807, 2.05) is 6.08 Å². The molecule has 1 spiro atoms. The van der Waals surface area contributed by atoms with Gasteiger partial charge in [0.2, 0.25) is 5.72 Å². The van der Waals surface area contributed by atoms with E-state index in [4.69, 9.17) is 9.73 Å². The van der Waals surface area contributed by atoms with Crippen LogP contribution in [0, 0.1) is 0 Å². The molecule has 1 unspecified atom stereocenters. The van der Waals surface area contributed by atoms with Gasteiger partial charge in [0.15, 0.2) is 0 Å². The minimum atomic E-state index is -0.786. The van der Waals surface area contributed by atoms with Gasteiger partial charge in [0.1, 0.15) is 11.4 Å². The summed E-state index contributed by atoms with van der Waals surface area (Å²) in [6.07, 6.45) is 3.93. The zero-order valence-corrected chi connectivity index (χ0v) is 21.1. The lowest BCUT2D eigenvalue weighted by molar-refractivity contribution is 0.0769. The molecule has 0 aromatic heterocycles. The number of aliphatic imine (C=N–C) groups is 1. The van der Waals surface area contributed by atoms with Crippen LogP contribution in [0.1, 0.15) is 30.5 Å². The Balaban J connectivity index is 1.45. The Morgan fingerprint density at radius 2 is 1.49 bits per heavy atom. The normalized spacial score (nSPS) is 19.1. The van der Waals surface area contributed by atoms with Gasteiger partial charge in [-0.1, -0.05) is 97.6 Å². The van der Waals surface area contributed by atoms with Crippen molar-refractivity contribution in [2.24, 2.45) is 4.99 Å². The van der Waals surface area contributed by atoms with Crippen molar-refractivity contribution in [2.45, 2.75) is 31.5 Å². The summed E-state index contributed by atoms with van der Waals surface area (Å²) in [4.78, 5) is 7.53. The van der Waals surface area contributed by atoms with Crippen molar-refractivity contribution in [1.82, 2.24) is 0 Å². The summed E-state index contributed by atoms with van der Waals surface area (Å²) >= 11 is 0. The second-order valence-corrected chi connectivity index (χ2v) is 10.5. The number of nitrogens with zero attached hydrogens (tertiary/aromatic N) is 2. The third-order valence-corrected chi connectivity index (χ3v) is 8.17. The smallest absolute Gasteiger partial charge is 0.229 e. The zero-order valence-electron chi connectivity index (χ0n) is 21.1. The first kappa shape index (κ1) is 21.9. The number of hydrogen-bond acceptors (Lipinski definition) is 3. The molecule has 0 fully saturated rings. The van der Waals surface area contributed by atoms with Crippen LogP contribution < -0.4 is 9.64 Å². The highest BCUT2D eigenvalue weighted by atomic mass is 16.5. The summed E-state index contributed by atoms with van der Waals surface area (Å²) in [5, 5.41) is 4.77. The molecule has 7 rings (SSSR count). The van der Waals surface area contributed by atoms with Gasteiger partial charge in [-0.15, -0.1) is 0 Å². The third kappa shape index (κ3) is 3.04. The molecule has 2 heterocycles. The zero-order chi connectivity index (χ0) is 25.2. The SMILES string of the molecule is C=Cc1ccc(CN2c3ccc4ccccc4c3C(C)(C)C23C=Nc2c(ccc4ccccc24)O3)cc1. The summed E-state index contributed by atoms with van der Waals surface area (Å²) in [5.41, 5.74) is 4.54. The monoisotopic (exact) mass is 480 g/mol. The molecule has 3 nitrogen and oxygen atoms in total. The average molecular weight is 481 g/mol. The summed E-state index contributed by atoms with van der Waals surface area (Å²) in [6, 6.07) is 34.3. The average Bonchev–Trinajstić information content (AvgIpc) is 3.11. The first-order valence-corrected chi connectivity index (χ1v) is 12.8. The molecule has 0 N–H and O–H groups in total.